The summed E-state index contributed by atoms with van der Waals surface area (Å²) >= 11 is 0. The van der Waals surface area contributed by atoms with E-state index in [4.69, 9.17) is 0 Å². The summed E-state index contributed by atoms with van der Waals surface area (Å²) in [5, 5.41) is 0. The van der Waals surface area contributed by atoms with Crippen LogP contribution in [0.1, 0.15) is 53.1 Å². The van der Waals surface area contributed by atoms with Crippen molar-refractivity contribution in [1.29, 1.82) is 0 Å². The molecule has 5 heteroatoms. The summed E-state index contributed by atoms with van der Waals surface area (Å²) < 4.78 is 22.8. The van der Waals surface area contributed by atoms with Crippen LogP contribution in [0.25, 0.3) is 0 Å². The van der Waals surface area contributed by atoms with Gasteiger partial charge in [-0.2, -0.15) is 0 Å². The van der Waals surface area contributed by atoms with Gasteiger partial charge < -0.3 is 4.90 Å². The molecule has 0 aliphatic heterocycles. The van der Waals surface area contributed by atoms with Gasteiger partial charge in [0.2, 0.25) is 0 Å². The minimum Gasteiger partial charge on any atom is -0.339 e. The fourth-order valence-electron chi connectivity index (χ4n) is 3.94. The molecule has 1 aliphatic carbocycles. The van der Waals surface area contributed by atoms with E-state index in [0.29, 0.717) is 17.0 Å². The van der Waals surface area contributed by atoms with E-state index >= 15 is 0 Å². The number of nitrogens with zero attached hydrogens (tertiary/aromatic N) is 1. The molecule has 0 unspecified atom stereocenters. The minimum absolute atomic E-state index is 0.000803. The predicted molar refractivity (Wildman–Crippen MR) is 109 cm³/mol. The zero-order valence-electron chi connectivity index (χ0n) is 16.0. The van der Waals surface area contributed by atoms with Crippen molar-refractivity contribution in [2.75, 3.05) is 13.3 Å². The first-order chi connectivity index (χ1) is 12.8. The lowest BCUT2D eigenvalue weighted by atomic mass is 9.81. The number of sulfone groups is 1. The standard InChI is InChI=1S/C22H27NO3S/c1-23(21-14-12-19(13-15-21)18-6-4-3-5-7-18)22(24)20-10-8-17(9-11-20)16-27(2,25)26/h3-11,19,21H,12-16H2,1-2H3. The molecule has 4 nitrogen and oxygen atoms in total. The highest BCUT2D eigenvalue weighted by atomic mass is 32.2. The summed E-state index contributed by atoms with van der Waals surface area (Å²) in [7, 11) is -1.19. The van der Waals surface area contributed by atoms with Crippen molar-refractivity contribution in [3.8, 4) is 0 Å². The monoisotopic (exact) mass is 385 g/mol. The van der Waals surface area contributed by atoms with E-state index in [0.717, 1.165) is 25.7 Å². The van der Waals surface area contributed by atoms with Gasteiger partial charge >= 0.3 is 0 Å². The second-order valence-electron chi connectivity index (χ2n) is 7.60. The van der Waals surface area contributed by atoms with Gasteiger partial charge in [-0.3, -0.25) is 4.79 Å². The molecule has 1 saturated carbocycles. The molecule has 1 amide bonds. The van der Waals surface area contributed by atoms with Gasteiger partial charge in [0.1, 0.15) is 0 Å². The molecule has 2 aromatic carbocycles. The first-order valence-electron chi connectivity index (χ1n) is 9.42. The Bertz CT molecular complexity index is 868. The number of hydrogen-bond acceptors (Lipinski definition) is 3. The average Bonchev–Trinajstić information content (AvgIpc) is 2.67. The van der Waals surface area contributed by atoms with Crippen molar-refractivity contribution in [2.24, 2.45) is 0 Å². The zero-order chi connectivity index (χ0) is 19.4. The van der Waals surface area contributed by atoms with Crippen molar-refractivity contribution in [3.63, 3.8) is 0 Å². The highest BCUT2D eigenvalue weighted by Crippen LogP contribution is 2.34. The number of benzene rings is 2. The van der Waals surface area contributed by atoms with Crippen molar-refractivity contribution >= 4 is 15.7 Å². The lowest BCUT2D eigenvalue weighted by molar-refractivity contribution is 0.0689. The minimum atomic E-state index is -3.07. The highest BCUT2D eigenvalue weighted by molar-refractivity contribution is 7.89. The molecule has 1 aliphatic rings. The Hall–Kier alpha value is -2.14. The van der Waals surface area contributed by atoms with Crippen LogP contribution >= 0.6 is 0 Å². The van der Waals surface area contributed by atoms with Gasteiger partial charge in [0.25, 0.3) is 5.91 Å². The van der Waals surface area contributed by atoms with Crippen LogP contribution < -0.4 is 0 Å². The third-order valence-electron chi connectivity index (χ3n) is 5.47. The van der Waals surface area contributed by atoms with Crippen LogP contribution in [0.5, 0.6) is 0 Å². The van der Waals surface area contributed by atoms with Crippen LogP contribution in [0, 0.1) is 0 Å². The molecular weight excluding hydrogens is 358 g/mol. The lowest BCUT2D eigenvalue weighted by Crippen LogP contribution is -2.39. The SMILES string of the molecule is CN(C(=O)c1ccc(CS(C)(=O)=O)cc1)C1CCC(c2ccccc2)CC1. The quantitative estimate of drug-likeness (QED) is 0.781. The van der Waals surface area contributed by atoms with Crippen molar-refractivity contribution in [3.05, 3.63) is 71.3 Å². The molecule has 0 bridgehead atoms. The molecule has 3 rings (SSSR count). The second kappa shape index (κ2) is 8.26. The first kappa shape index (κ1) is 19.6. The van der Waals surface area contributed by atoms with Crippen LogP contribution in [0.3, 0.4) is 0 Å². The van der Waals surface area contributed by atoms with Crippen LogP contribution in [-0.4, -0.2) is 38.6 Å². The Balaban J connectivity index is 1.59. The van der Waals surface area contributed by atoms with E-state index in [1.807, 2.05) is 18.0 Å². The van der Waals surface area contributed by atoms with E-state index in [-0.39, 0.29) is 17.7 Å². The van der Waals surface area contributed by atoms with Crippen molar-refractivity contribution in [2.45, 2.75) is 43.4 Å². The normalized spacial score (nSPS) is 20.2. The number of carbonyl (C=O) groups is 1. The maximum atomic E-state index is 12.8. The zero-order valence-corrected chi connectivity index (χ0v) is 16.8. The Kier molecular flexibility index (Phi) is 6.00. The van der Waals surface area contributed by atoms with Crippen LogP contribution in [0.2, 0.25) is 0 Å². The third kappa shape index (κ3) is 5.19. The molecular formula is C22H27NO3S. The number of hydrogen-bond donors (Lipinski definition) is 0. The van der Waals surface area contributed by atoms with Crippen molar-refractivity contribution in [1.82, 2.24) is 4.90 Å². The molecule has 0 radical (unpaired) electrons. The second-order valence-corrected chi connectivity index (χ2v) is 9.74. The van der Waals surface area contributed by atoms with Crippen LogP contribution in [-0.2, 0) is 15.6 Å². The molecule has 0 spiro atoms. The highest BCUT2D eigenvalue weighted by Gasteiger charge is 2.27. The third-order valence-corrected chi connectivity index (χ3v) is 6.32. The van der Waals surface area contributed by atoms with Gasteiger partial charge in [0.15, 0.2) is 9.84 Å². The molecule has 0 saturated heterocycles. The Labute approximate surface area is 162 Å². The van der Waals surface area contributed by atoms with Gasteiger partial charge in [-0.25, -0.2) is 8.42 Å². The molecule has 1 fully saturated rings. The smallest absolute Gasteiger partial charge is 0.253 e. The molecule has 0 aromatic heterocycles. The van der Waals surface area contributed by atoms with E-state index in [9.17, 15) is 13.2 Å². The molecule has 27 heavy (non-hydrogen) atoms. The van der Waals surface area contributed by atoms with E-state index < -0.39 is 9.84 Å². The Morgan fingerprint density at radius 3 is 2.11 bits per heavy atom. The molecule has 0 N–H and O–H groups in total. The Morgan fingerprint density at radius 2 is 1.56 bits per heavy atom. The summed E-state index contributed by atoms with van der Waals surface area (Å²) in [5.74, 6) is 0.589. The summed E-state index contributed by atoms with van der Waals surface area (Å²) in [6.07, 6.45) is 5.42. The van der Waals surface area contributed by atoms with Gasteiger partial charge in [-0.15, -0.1) is 0 Å². The Morgan fingerprint density at radius 1 is 0.963 bits per heavy atom. The maximum Gasteiger partial charge on any atom is 0.253 e. The largest absolute Gasteiger partial charge is 0.339 e. The van der Waals surface area contributed by atoms with Crippen LogP contribution in [0.4, 0.5) is 0 Å². The molecule has 0 heterocycles. The molecule has 144 valence electrons. The fourth-order valence-corrected chi connectivity index (χ4v) is 4.74. The summed E-state index contributed by atoms with van der Waals surface area (Å²) in [5.41, 5.74) is 2.71. The van der Waals surface area contributed by atoms with E-state index in [2.05, 4.69) is 24.3 Å². The van der Waals surface area contributed by atoms with Gasteiger partial charge in [0.05, 0.1) is 5.75 Å². The van der Waals surface area contributed by atoms with Gasteiger partial charge in [0, 0.05) is 24.9 Å². The van der Waals surface area contributed by atoms with E-state index in [1.165, 1.54) is 11.8 Å². The average molecular weight is 386 g/mol. The first-order valence-corrected chi connectivity index (χ1v) is 11.5. The predicted octanol–water partition coefficient (Wildman–Crippen LogP) is 4.03. The number of carbonyl (C=O) groups excluding carboxylic acids is 1. The lowest BCUT2D eigenvalue weighted by Gasteiger charge is -2.35. The summed E-state index contributed by atoms with van der Waals surface area (Å²) in [4.78, 5) is 14.7. The fraction of sp³-hybridized carbons (Fsp3) is 0.409. The topological polar surface area (TPSA) is 54.5 Å². The van der Waals surface area contributed by atoms with Crippen LogP contribution in [0.15, 0.2) is 54.6 Å². The number of amides is 1. The molecule has 2 aromatic rings. The van der Waals surface area contributed by atoms with Crippen molar-refractivity contribution < 1.29 is 13.2 Å². The van der Waals surface area contributed by atoms with E-state index in [1.54, 1.807) is 24.3 Å². The maximum absolute atomic E-state index is 12.8. The van der Waals surface area contributed by atoms with Gasteiger partial charge in [-0.1, -0.05) is 42.5 Å². The molecule has 0 atom stereocenters. The summed E-state index contributed by atoms with van der Waals surface area (Å²) in [6, 6.07) is 17.8. The number of rotatable bonds is 5. The van der Waals surface area contributed by atoms with Gasteiger partial charge in [-0.05, 0) is 54.9 Å². The summed E-state index contributed by atoms with van der Waals surface area (Å²) in [6.45, 7) is 0.